The van der Waals surface area contributed by atoms with Crippen LogP contribution in [0.1, 0.15) is 26.7 Å². The monoisotopic (exact) mass is 310 g/mol. The van der Waals surface area contributed by atoms with Crippen LogP contribution in [-0.4, -0.2) is 18.2 Å². The lowest BCUT2D eigenvalue weighted by Gasteiger charge is -2.11. The van der Waals surface area contributed by atoms with E-state index in [0.29, 0.717) is 5.75 Å². The van der Waals surface area contributed by atoms with Gasteiger partial charge in [-0.05, 0) is 24.5 Å². The van der Waals surface area contributed by atoms with Crippen LogP contribution in [0.2, 0.25) is 0 Å². The predicted molar refractivity (Wildman–Crippen MR) is 93.5 cm³/mol. The molecule has 0 fully saturated rings. The van der Waals surface area contributed by atoms with Gasteiger partial charge in [0.15, 0.2) is 6.61 Å². The second-order valence-electron chi connectivity index (χ2n) is 5.07. The average Bonchev–Trinajstić information content (AvgIpc) is 2.62. The first-order valence-electron chi connectivity index (χ1n) is 7.86. The van der Waals surface area contributed by atoms with E-state index in [0.717, 1.165) is 29.7 Å². The fraction of sp³-hybridized carbons (Fsp3) is 0.263. The molecule has 0 saturated heterocycles. The number of hydrogen-bond donors (Lipinski definition) is 1. The highest BCUT2D eigenvalue weighted by Gasteiger charge is 2.08. The van der Waals surface area contributed by atoms with Crippen LogP contribution in [0.3, 0.4) is 0 Å². The number of amides is 1. The molecule has 0 radical (unpaired) electrons. The SMILES string of the molecule is CCC(CC)=NNC(=O)COc1ccccc1-c1ccccc1. The van der Waals surface area contributed by atoms with E-state index in [4.69, 9.17) is 4.74 Å². The number of nitrogens with zero attached hydrogens (tertiary/aromatic N) is 1. The minimum atomic E-state index is -0.257. The summed E-state index contributed by atoms with van der Waals surface area (Å²) in [6.07, 6.45) is 1.66. The molecule has 1 amide bonds. The maximum Gasteiger partial charge on any atom is 0.277 e. The van der Waals surface area contributed by atoms with E-state index in [9.17, 15) is 4.79 Å². The van der Waals surface area contributed by atoms with E-state index < -0.39 is 0 Å². The number of carbonyl (C=O) groups is 1. The predicted octanol–water partition coefficient (Wildman–Crippen LogP) is 4.02. The third-order valence-corrected chi connectivity index (χ3v) is 3.49. The van der Waals surface area contributed by atoms with Crippen molar-refractivity contribution in [2.45, 2.75) is 26.7 Å². The molecule has 0 atom stereocenters. The highest BCUT2D eigenvalue weighted by molar-refractivity contribution is 5.86. The molecule has 23 heavy (non-hydrogen) atoms. The Balaban J connectivity index is 2.02. The van der Waals surface area contributed by atoms with Crippen molar-refractivity contribution in [1.82, 2.24) is 5.43 Å². The summed E-state index contributed by atoms with van der Waals surface area (Å²) in [5.41, 5.74) is 5.52. The summed E-state index contributed by atoms with van der Waals surface area (Å²) in [5.74, 6) is 0.427. The summed E-state index contributed by atoms with van der Waals surface area (Å²) in [4.78, 5) is 11.9. The van der Waals surface area contributed by atoms with E-state index in [1.165, 1.54) is 0 Å². The van der Waals surface area contributed by atoms with Gasteiger partial charge in [0.05, 0.1) is 0 Å². The molecule has 0 aromatic heterocycles. The topological polar surface area (TPSA) is 50.7 Å². The molecule has 2 aromatic rings. The van der Waals surface area contributed by atoms with Gasteiger partial charge in [-0.3, -0.25) is 4.79 Å². The highest BCUT2D eigenvalue weighted by Crippen LogP contribution is 2.29. The molecule has 0 aliphatic heterocycles. The van der Waals surface area contributed by atoms with Crippen molar-refractivity contribution in [3.63, 3.8) is 0 Å². The molecule has 2 rings (SSSR count). The molecule has 0 unspecified atom stereocenters. The largest absolute Gasteiger partial charge is 0.483 e. The number of para-hydroxylation sites is 1. The van der Waals surface area contributed by atoms with Crippen LogP contribution in [0.15, 0.2) is 59.7 Å². The minimum Gasteiger partial charge on any atom is -0.483 e. The van der Waals surface area contributed by atoms with E-state index in [-0.39, 0.29) is 12.5 Å². The summed E-state index contributed by atoms with van der Waals surface area (Å²) in [6, 6.07) is 17.6. The Hall–Kier alpha value is -2.62. The van der Waals surface area contributed by atoms with Crippen molar-refractivity contribution in [3.8, 4) is 16.9 Å². The number of carbonyl (C=O) groups excluding carboxylic acids is 1. The van der Waals surface area contributed by atoms with Gasteiger partial charge in [-0.2, -0.15) is 5.10 Å². The third-order valence-electron chi connectivity index (χ3n) is 3.49. The van der Waals surface area contributed by atoms with Gasteiger partial charge in [-0.25, -0.2) is 5.43 Å². The van der Waals surface area contributed by atoms with Gasteiger partial charge in [-0.15, -0.1) is 0 Å². The van der Waals surface area contributed by atoms with E-state index in [1.54, 1.807) is 0 Å². The van der Waals surface area contributed by atoms with E-state index >= 15 is 0 Å². The van der Waals surface area contributed by atoms with Gasteiger partial charge in [0, 0.05) is 11.3 Å². The van der Waals surface area contributed by atoms with Gasteiger partial charge >= 0.3 is 0 Å². The molecule has 1 N–H and O–H groups in total. The number of hydrazone groups is 1. The van der Waals surface area contributed by atoms with E-state index in [2.05, 4.69) is 10.5 Å². The van der Waals surface area contributed by atoms with Gasteiger partial charge in [-0.1, -0.05) is 62.4 Å². The molecule has 0 aliphatic rings. The Morgan fingerprint density at radius 1 is 1.00 bits per heavy atom. The lowest BCUT2D eigenvalue weighted by atomic mass is 10.1. The first-order valence-corrected chi connectivity index (χ1v) is 7.86. The number of rotatable bonds is 7. The fourth-order valence-electron chi connectivity index (χ4n) is 2.17. The summed E-state index contributed by atoms with van der Waals surface area (Å²) < 4.78 is 5.67. The van der Waals surface area contributed by atoms with Crippen LogP contribution < -0.4 is 10.2 Å². The number of benzene rings is 2. The quantitative estimate of drug-likeness (QED) is 0.620. The van der Waals surface area contributed by atoms with Gasteiger partial charge in [0.25, 0.3) is 5.91 Å². The molecule has 4 nitrogen and oxygen atoms in total. The Labute approximate surface area is 137 Å². The minimum absolute atomic E-state index is 0.0615. The fourth-order valence-corrected chi connectivity index (χ4v) is 2.17. The lowest BCUT2D eigenvalue weighted by molar-refractivity contribution is -0.123. The number of hydrogen-bond acceptors (Lipinski definition) is 3. The summed E-state index contributed by atoms with van der Waals surface area (Å²) >= 11 is 0. The zero-order valence-corrected chi connectivity index (χ0v) is 13.6. The maximum atomic E-state index is 11.9. The standard InChI is InChI=1S/C19H22N2O2/c1-3-16(4-2)20-21-19(22)14-23-18-13-9-8-12-17(18)15-10-6-5-7-11-15/h5-13H,3-4,14H2,1-2H3,(H,21,22). The molecule has 120 valence electrons. The summed E-state index contributed by atoms with van der Waals surface area (Å²) in [7, 11) is 0. The molecular weight excluding hydrogens is 288 g/mol. The van der Waals surface area contributed by atoms with Gasteiger partial charge < -0.3 is 4.74 Å². The molecule has 0 heterocycles. The Morgan fingerprint density at radius 3 is 2.35 bits per heavy atom. The Morgan fingerprint density at radius 2 is 1.65 bits per heavy atom. The van der Waals surface area contributed by atoms with Crippen molar-refractivity contribution >= 4 is 11.6 Å². The molecule has 0 aliphatic carbocycles. The average molecular weight is 310 g/mol. The van der Waals surface area contributed by atoms with Crippen LogP contribution in [0.4, 0.5) is 0 Å². The molecule has 2 aromatic carbocycles. The molecular formula is C19H22N2O2. The number of ether oxygens (including phenoxy) is 1. The van der Waals surface area contributed by atoms with Crippen molar-refractivity contribution < 1.29 is 9.53 Å². The Bertz CT molecular complexity index is 660. The smallest absolute Gasteiger partial charge is 0.277 e. The maximum absolute atomic E-state index is 11.9. The van der Waals surface area contributed by atoms with Crippen molar-refractivity contribution in [1.29, 1.82) is 0 Å². The normalized spacial score (nSPS) is 10.0. The highest BCUT2D eigenvalue weighted by atomic mass is 16.5. The Kier molecular flexibility index (Phi) is 6.36. The van der Waals surface area contributed by atoms with Gasteiger partial charge in [0.1, 0.15) is 5.75 Å². The van der Waals surface area contributed by atoms with Crippen LogP contribution in [-0.2, 0) is 4.79 Å². The zero-order valence-electron chi connectivity index (χ0n) is 13.6. The summed E-state index contributed by atoms with van der Waals surface area (Å²) in [5, 5.41) is 4.09. The zero-order chi connectivity index (χ0) is 16.5. The van der Waals surface area contributed by atoms with Crippen LogP contribution >= 0.6 is 0 Å². The first kappa shape index (κ1) is 16.7. The third kappa shape index (κ3) is 4.95. The van der Waals surface area contributed by atoms with Crippen LogP contribution in [0, 0.1) is 0 Å². The van der Waals surface area contributed by atoms with Crippen molar-refractivity contribution in [3.05, 3.63) is 54.6 Å². The van der Waals surface area contributed by atoms with Crippen LogP contribution in [0.5, 0.6) is 5.75 Å². The lowest BCUT2D eigenvalue weighted by Crippen LogP contribution is -2.25. The molecule has 0 spiro atoms. The molecule has 0 bridgehead atoms. The summed E-state index contributed by atoms with van der Waals surface area (Å²) in [6.45, 7) is 3.97. The van der Waals surface area contributed by atoms with E-state index in [1.807, 2.05) is 68.4 Å². The molecule has 4 heteroatoms. The molecule has 0 saturated carbocycles. The van der Waals surface area contributed by atoms with Gasteiger partial charge in [0.2, 0.25) is 0 Å². The van der Waals surface area contributed by atoms with Crippen molar-refractivity contribution in [2.75, 3.05) is 6.61 Å². The van der Waals surface area contributed by atoms with Crippen molar-refractivity contribution in [2.24, 2.45) is 5.10 Å². The van der Waals surface area contributed by atoms with Crippen LogP contribution in [0.25, 0.3) is 11.1 Å². The first-order chi connectivity index (χ1) is 11.2. The number of nitrogens with one attached hydrogen (secondary N) is 1. The second kappa shape index (κ2) is 8.73. The second-order valence-corrected chi connectivity index (χ2v) is 5.07.